The van der Waals surface area contributed by atoms with Crippen LogP contribution in [-0.4, -0.2) is 28.4 Å². The predicted octanol–water partition coefficient (Wildman–Crippen LogP) is 3.26. The molecule has 0 aliphatic carbocycles. The van der Waals surface area contributed by atoms with Crippen LogP contribution in [0.15, 0.2) is 53.4 Å². The van der Waals surface area contributed by atoms with Crippen molar-refractivity contribution in [2.75, 3.05) is 11.6 Å². The maximum Gasteiger partial charge on any atom is 0.340 e. The lowest BCUT2D eigenvalue weighted by Gasteiger charge is -2.15. The number of anilines is 1. The zero-order valence-corrected chi connectivity index (χ0v) is 14.7. The molecule has 2 aromatic rings. The molecule has 2 aromatic carbocycles. The fourth-order valence-corrected chi connectivity index (χ4v) is 2.87. The Balaban J connectivity index is 2.08. The molecular weight excluding hydrogens is 350 g/mol. The molecule has 0 aliphatic rings. The summed E-state index contributed by atoms with van der Waals surface area (Å²) in [5, 5.41) is 2.98. The third-order valence-corrected chi connectivity index (χ3v) is 4.51. The van der Waals surface area contributed by atoms with Crippen LogP contribution in [-0.2, 0) is 20.3 Å². The molecule has 7 heteroatoms. The first-order valence-corrected chi connectivity index (χ1v) is 9.02. The molecular formula is C17H16ClNO4S. The van der Waals surface area contributed by atoms with Crippen molar-refractivity contribution in [3.8, 4) is 0 Å². The van der Waals surface area contributed by atoms with E-state index < -0.39 is 28.8 Å². The maximum absolute atomic E-state index is 12.2. The molecule has 24 heavy (non-hydrogen) atoms. The number of ether oxygens (including phenoxy) is 1. The smallest absolute Gasteiger partial charge is 0.340 e. The minimum absolute atomic E-state index is 0.177. The fourth-order valence-electron chi connectivity index (χ4n) is 1.96. The molecule has 2 atom stereocenters. The number of amides is 1. The van der Waals surface area contributed by atoms with Crippen molar-refractivity contribution >= 4 is 40.0 Å². The van der Waals surface area contributed by atoms with Gasteiger partial charge in [0.15, 0.2) is 6.10 Å². The van der Waals surface area contributed by atoms with E-state index in [1.165, 1.54) is 19.2 Å². The van der Waals surface area contributed by atoms with Gasteiger partial charge in [0.25, 0.3) is 5.91 Å². The van der Waals surface area contributed by atoms with E-state index in [9.17, 15) is 13.8 Å². The third kappa shape index (κ3) is 4.43. The van der Waals surface area contributed by atoms with Crippen molar-refractivity contribution in [1.29, 1.82) is 0 Å². The van der Waals surface area contributed by atoms with Crippen molar-refractivity contribution in [1.82, 2.24) is 0 Å². The number of esters is 1. The van der Waals surface area contributed by atoms with Gasteiger partial charge in [-0.1, -0.05) is 35.9 Å². The quantitative estimate of drug-likeness (QED) is 0.825. The minimum Gasteiger partial charge on any atom is -0.449 e. The molecule has 0 saturated carbocycles. The van der Waals surface area contributed by atoms with E-state index in [0.29, 0.717) is 15.6 Å². The van der Waals surface area contributed by atoms with Gasteiger partial charge >= 0.3 is 5.97 Å². The highest BCUT2D eigenvalue weighted by Gasteiger charge is 2.22. The van der Waals surface area contributed by atoms with Gasteiger partial charge in [0.2, 0.25) is 0 Å². The number of carbonyl (C=O) groups excluding carboxylic acids is 2. The Morgan fingerprint density at radius 3 is 2.42 bits per heavy atom. The molecule has 1 amide bonds. The van der Waals surface area contributed by atoms with E-state index in [4.69, 9.17) is 16.3 Å². The molecule has 0 unspecified atom stereocenters. The van der Waals surface area contributed by atoms with Gasteiger partial charge in [-0.25, -0.2) is 4.79 Å². The van der Waals surface area contributed by atoms with Crippen molar-refractivity contribution in [2.24, 2.45) is 0 Å². The first kappa shape index (κ1) is 18.2. The van der Waals surface area contributed by atoms with Crippen LogP contribution in [0.2, 0.25) is 5.02 Å². The molecule has 0 spiro atoms. The standard InChI is InChI=1S/C17H16ClNO4S/c1-11(16(20)19-14-9-5-4-8-13(14)18)23-17(21)12-7-3-6-10-15(12)24(2)22/h3-11H,1-2H3,(H,19,20)/t11-,24-/m0/s1. The fraction of sp³-hybridized carbons (Fsp3) is 0.176. The lowest BCUT2D eigenvalue weighted by atomic mass is 10.2. The molecule has 0 saturated heterocycles. The summed E-state index contributed by atoms with van der Waals surface area (Å²) in [7, 11) is -1.34. The Morgan fingerprint density at radius 1 is 1.12 bits per heavy atom. The van der Waals surface area contributed by atoms with Gasteiger partial charge in [0.1, 0.15) is 0 Å². The number of benzene rings is 2. The van der Waals surface area contributed by atoms with Gasteiger partial charge in [-0.05, 0) is 31.2 Å². The van der Waals surface area contributed by atoms with Crippen LogP contribution in [0.1, 0.15) is 17.3 Å². The monoisotopic (exact) mass is 365 g/mol. The lowest BCUT2D eigenvalue weighted by Crippen LogP contribution is -2.30. The Hall–Kier alpha value is -2.18. The minimum atomic E-state index is -1.34. The number of hydrogen-bond acceptors (Lipinski definition) is 4. The van der Waals surface area contributed by atoms with Gasteiger partial charge < -0.3 is 10.1 Å². The number of nitrogens with one attached hydrogen (secondary N) is 1. The number of hydrogen-bond donors (Lipinski definition) is 1. The Bertz CT molecular complexity index is 794. The number of carbonyl (C=O) groups is 2. The Morgan fingerprint density at radius 2 is 1.75 bits per heavy atom. The van der Waals surface area contributed by atoms with Crippen LogP contribution in [0.3, 0.4) is 0 Å². The van der Waals surface area contributed by atoms with Crippen molar-refractivity contribution < 1.29 is 18.5 Å². The largest absolute Gasteiger partial charge is 0.449 e. The maximum atomic E-state index is 12.2. The summed E-state index contributed by atoms with van der Waals surface area (Å²) in [6.07, 6.45) is 0.437. The second kappa shape index (κ2) is 8.08. The van der Waals surface area contributed by atoms with Gasteiger partial charge in [0.05, 0.1) is 32.0 Å². The summed E-state index contributed by atoms with van der Waals surface area (Å²) in [6.45, 7) is 1.45. The van der Waals surface area contributed by atoms with Crippen molar-refractivity contribution in [3.63, 3.8) is 0 Å². The zero-order valence-electron chi connectivity index (χ0n) is 13.1. The summed E-state index contributed by atoms with van der Waals surface area (Å²) in [5.41, 5.74) is 0.609. The van der Waals surface area contributed by atoms with E-state index >= 15 is 0 Å². The topological polar surface area (TPSA) is 72.5 Å². The Kier molecular flexibility index (Phi) is 6.11. The molecule has 0 aromatic heterocycles. The zero-order chi connectivity index (χ0) is 17.7. The van der Waals surface area contributed by atoms with E-state index in [1.807, 2.05) is 0 Å². The Labute approximate surface area is 147 Å². The van der Waals surface area contributed by atoms with Crippen LogP contribution in [0.25, 0.3) is 0 Å². The van der Waals surface area contributed by atoms with Gasteiger partial charge in [-0.2, -0.15) is 0 Å². The summed E-state index contributed by atoms with van der Waals surface area (Å²) in [5.74, 6) is -1.21. The SMILES string of the molecule is C[C@H](OC(=O)c1ccccc1[S@](C)=O)C(=O)Nc1ccccc1Cl. The van der Waals surface area contributed by atoms with Crippen LogP contribution < -0.4 is 5.32 Å². The highest BCUT2D eigenvalue weighted by Crippen LogP contribution is 2.21. The van der Waals surface area contributed by atoms with E-state index in [-0.39, 0.29) is 5.56 Å². The normalized spacial score (nSPS) is 13.0. The first-order valence-electron chi connectivity index (χ1n) is 7.09. The lowest BCUT2D eigenvalue weighted by molar-refractivity contribution is -0.123. The molecule has 2 rings (SSSR count). The highest BCUT2D eigenvalue weighted by atomic mass is 35.5. The second-order valence-corrected chi connectivity index (χ2v) is 6.72. The molecule has 0 heterocycles. The molecule has 5 nitrogen and oxygen atoms in total. The summed E-state index contributed by atoms with van der Waals surface area (Å²) in [6, 6.07) is 13.2. The third-order valence-electron chi connectivity index (χ3n) is 3.20. The molecule has 0 fully saturated rings. The number of halogens is 1. The average molecular weight is 366 g/mol. The summed E-state index contributed by atoms with van der Waals surface area (Å²) < 4.78 is 16.9. The van der Waals surface area contributed by atoms with Crippen molar-refractivity contribution in [2.45, 2.75) is 17.9 Å². The van der Waals surface area contributed by atoms with Gasteiger partial charge in [-0.3, -0.25) is 9.00 Å². The highest BCUT2D eigenvalue weighted by molar-refractivity contribution is 7.84. The first-order chi connectivity index (χ1) is 11.4. The van der Waals surface area contributed by atoms with Gasteiger partial charge in [0, 0.05) is 6.26 Å². The predicted molar refractivity (Wildman–Crippen MR) is 93.7 cm³/mol. The second-order valence-electron chi connectivity index (χ2n) is 4.97. The summed E-state index contributed by atoms with van der Waals surface area (Å²) in [4.78, 5) is 24.7. The number of para-hydroxylation sites is 1. The van der Waals surface area contributed by atoms with Crippen molar-refractivity contribution in [3.05, 3.63) is 59.1 Å². The van der Waals surface area contributed by atoms with Crippen LogP contribution in [0, 0.1) is 0 Å². The molecule has 126 valence electrons. The van der Waals surface area contributed by atoms with Gasteiger partial charge in [-0.15, -0.1) is 0 Å². The molecule has 0 radical (unpaired) electrons. The van der Waals surface area contributed by atoms with E-state index in [1.54, 1.807) is 42.5 Å². The molecule has 1 N–H and O–H groups in total. The van der Waals surface area contributed by atoms with Crippen LogP contribution in [0.4, 0.5) is 5.69 Å². The van der Waals surface area contributed by atoms with Crippen LogP contribution in [0.5, 0.6) is 0 Å². The average Bonchev–Trinajstić information content (AvgIpc) is 2.56. The summed E-state index contributed by atoms with van der Waals surface area (Å²) >= 11 is 5.97. The van der Waals surface area contributed by atoms with E-state index in [0.717, 1.165) is 0 Å². The van der Waals surface area contributed by atoms with Crippen LogP contribution >= 0.6 is 11.6 Å². The number of rotatable bonds is 5. The van der Waals surface area contributed by atoms with E-state index in [2.05, 4.69) is 5.32 Å². The molecule has 0 bridgehead atoms. The molecule has 0 aliphatic heterocycles.